The van der Waals surface area contributed by atoms with E-state index in [4.69, 9.17) is 25.8 Å². The van der Waals surface area contributed by atoms with Gasteiger partial charge in [-0.25, -0.2) is 0 Å². The summed E-state index contributed by atoms with van der Waals surface area (Å²) in [5.74, 6) is -2.32. The van der Waals surface area contributed by atoms with E-state index >= 15 is 0 Å². The molecule has 0 saturated carbocycles. The molecule has 2 aliphatic heterocycles. The Labute approximate surface area is 224 Å². The predicted octanol–water partition coefficient (Wildman–Crippen LogP) is 2.51. The van der Waals surface area contributed by atoms with Crippen LogP contribution in [0.15, 0.2) is 36.0 Å². The van der Waals surface area contributed by atoms with E-state index in [2.05, 4.69) is 12.2 Å². The maximum absolute atomic E-state index is 12.3. The van der Waals surface area contributed by atoms with Gasteiger partial charge in [-0.3, -0.25) is 9.59 Å². The number of alkyl halides is 1. The summed E-state index contributed by atoms with van der Waals surface area (Å²) in [4.78, 5) is 23.3. The van der Waals surface area contributed by atoms with Gasteiger partial charge >= 0.3 is 5.97 Å². The number of aliphatic hydroxyl groups is 3. The van der Waals surface area contributed by atoms with Crippen molar-refractivity contribution in [2.75, 3.05) is 5.88 Å². The number of halogens is 1. The molecule has 0 aromatic heterocycles. The standard InChI is InChI=1S/C27H42ClNO8/c1-16(8-11-23-25(32)27(34,15-28)14-26(6,33)37-23)7-10-22-17(2)13-21(19(4)36-22)29-24(31)12-9-18(3)35-20(5)30/h7-9,11-12,17-19,21-23,25,32-34H,10,13-15H2,1-6H3,(H,29,31)/b11-8+,12-9-,16-7+. The molecule has 0 aromatic carbocycles. The zero-order chi connectivity index (χ0) is 28.0. The van der Waals surface area contributed by atoms with Gasteiger partial charge in [-0.15, -0.1) is 11.6 Å². The van der Waals surface area contributed by atoms with Gasteiger partial charge < -0.3 is 34.8 Å². The number of nitrogens with one attached hydrogen (secondary N) is 1. The number of ether oxygens (including phenoxy) is 3. The van der Waals surface area contributed by atoms with Gasteiger partial charge in [-0.2, -0.15) is 0 Å². The van der Waals surface area contributed by atoms with E-state index in [-0.39, 0.29) is 42.4 Å². The number of amides is 1. The molecular formula is C27H42ClNO8. The molecule has 2 saturated heterocycles. The molecule has 4 N–H and O–H groups in total. The minimum absolute atomic E-state index is 0.0374. The molecule has 0 radical (unpaired) electrons. The molecule has 9 atom stereocenters. The molecule has 210 valence electrons. The van der Waals surface area contributed by atoms with Gasteiger partial charge in [-0.1, -0.05) is 30.7 Å². The molecule has 0 aromatic rings. The van der Waals surface area contributed by atoms with Crippen molar-refractivity contribution in [1.82, 2.24) is 5.32 Å². The van der Waals surface area contributed by atoms with Crippen molar-refractivity contribution in [3.63, 3.8) is 0 Å². The van der Waals surface area contributed by atoms with Crippen molar-refractivity contribution in [2.24, 2.45) is 5.92 Å². The quantitative estimate of drug-likeness (QED) is 0.151. The topological polar surface area (TPSA) is 135 Å². The summed E-state index contributed by atoms with van der Waals surface area (Å²) >= 11 is 5.85. The van der Waals surface area contributed by atoms with E-state index in [0.29, 0.717) is 6.42 Å². The second-order valence-corrected chi connectivity index (χ2v) is 10.8. The summed E-state index contributed by atoms with van der Waals surface area (Å²) in [6.07, 6.45) is 6.62. The molecule has 37 heavy (non-hydrogen) atoms. The number of carbonyl (C=O) groups excluding carboxylic acids is 2. The van der Waals surface area contributed by atoms with Crippen LogP contribution < -0.4 is 5.32 Å². The number of allylic oxidation sites excluding steroid dienone is 2. The smallest absolute Gasteiger partial charge is 0.303 e. The SMILES string of the molecule is CC(=O)OC(C)/C=C\C(=O)NC1CC(C)C(C/C=C(C)/C=C/C2OC(C)(O)CC(O)(CCl)C2O)OC1C. The summed E-state index contributed by atoms with van der Waals surface area (Å²) < 4.78 is 16.7. The fourth-order valence-electron chi connectivity index (χ4n) is 4.73. The number of rotatable bonds is 9. The lowest BCUT2D eigenvalue weighted by Gasteiger charge is -2.46. The van der Waals surface area contributed by atoms with Crippen LogP contribution in [0.5, 0.6) is 0 Å². The predicted molar refractivity (Wildman–Crippen MR) is 140 cm³/mol. The molecule has 0 aliphatic carbocycles. The highest BCUT2D eigenvalue weighted by Crippen LogP contribution is 2.36. The van der Waals surface area contributed by atoms with Crippen molar-refractivity contribution in [3.8, 4) is 0 Å². The first-order valence-electron chi connectivity index (χ1n) is 12.7. The zero-order valence-electron chi connectivity index (χ0n) is 22.5. The molecule has 1 amide bonds. The number of aliphatic hydroxyl groups excluding tert-OH is 1. The number of esters is 1. The van der Waals surface area contributed by atoms with E-state index in [0.717, 1.165) is 12.0 Å². The molecule has 9 nitrogen and oxygen atoms in total. The highest BCUT2D eigenvalue weighted by molar-refractivity contribution is 6.18. The van der Waals surface area contributed by atoms with Crippen LogP contribution in [0, 0.1) is 5.92 Å². The Balaban J connectivity index is 1.91. The van der Waals surface area contributed by atoms with E-state index < -0.39 is 35.7 Å². The maximum Gasteiger partial charge on any atom is 0.303 e. The highest BCUT2D eigenvalue weighted by atomic mass is 35.5. The van der Waals surface area contributed by atoms with Crippen molar-refractivity contribution < 1.29 is 39.1 Å². The third kappa shape index (κ3) is 9.50. The Kier molecular flexibility index (Phi) is 11.4. The number of hydrogen-bond acceptors (Lipinski definition) is 8. The summed E-state index contributed by atoms with van der Waals surface area (Å²) in [7, 11) is 0. The molecule has 2 heterocycles. The summed E-state index contributed by atoms with van der Waals surface area (Å²) in [5.41, 5.74) is -0.749. The van der Waals surface area contributed by atoms with Gasteiger partial charge in [-0.05, 0) is 52.5 Å². The summed E-state index contributed by atoms with van der Waals surface area (Å²) in [6, 6.07) is -0.143. The third-order valence-electron chi connectivity index (χ3n) is 6.75. The largest absolute Gasteiger partial charge is 0.459 e. The van der Waals surface area contributed by atoms with Crippen LogP contribution in [0.4, 0.5) is 0 Å². The normalized spacial score (nSPS) is 38.1. The minimum Gasteiger partial charge on any atom is -0.459 e. The minimum atomic E-state index is -1.65. The summed E-state index contributed by atoms with van der Waals surface area (Å²) in [6.45, 7) is 10.3. The first-order chi connectivity index (χ1) is 17.2. The fourth-order valence-corrected chi connectivity index (χ4v) is 4.99. The maximum atomic E-state index is 12.3. The van der Waals surface area contributed by atoms with Crippen LogP contribution in [0.2, 0.25) is 0 Å². The van der Waals surface area contributed by atoms with E-state index in [9.17, 15) is 24.9 Å². The molecule has 2 fully saturated rings. The van der Waals surface area contributed by atoms with E-state index in [1.54, 1.807) is 19.1 Å². The molecule has 2 aliphatic rings. The van der Waals surface area contributed by atoms with Crippen LogP contribution in [0.1, 0.15) is 60.8 Å². The average Bonchev–Trinajstić information content (AvgIpc) is 2.79. The van der Waals surface area contributed by atoms with Crippen LogP contribution in [-0.4, -0.2) is 81.0 Å². The van der Waals surface area contributed by atoms with Gasteiger partial charge in [0.15, 0.2) is 5.79 Å². The molecule has 9 unspecified atom stereocenters. The van der Waals surface area contributed by atoms with Crippen molar-refractivity contribution in [3.05, 3.63) is 36.0 Å². The van der Waals surface area contributed by atoms with Crippen molar-refractivity contribution >= 4 is 23.5 Å². The third-order valence-corrected chi connectivity index (χ3v) is 7.22. The lowest BCUT2D eigenvalue weighted by Crippen LogP contribution is -2.61. The van der Waals surface area contributed by atoms with Crippen molar-refractivity contribution in [2.45, 2.75) is 109 Å². The Hall–Kier alpha value is -1.75. The average molecular weight is 544 g/mol. The molecule has 0 bridgehead atoms. The second-order valence-electron chi connectivity index (χ2n) is 10.5. The monoisotopic (exact) mass is 543 g/mol. The first kappa shape index (κ1) is 31.5. The number of hydrogen-bond donors (Lipinski definition) is 4. The van der Waals surface area contributed by atoms with Crippen LogP contribution >= 0.6 is 11.6 Å². The fraction of sp³-hybridized carbons (Fsp3) is 0.704. The highest BCUT2D eigenvalue weighted by Gasteiger charge is 2.51. The van der Waals surface area contributed by atoms with Gasteiger partial charge in [0.1, 0.15) is 23.9 Å². The van der Waals surface area contributed by atoms with Gasteiger partial charge in [0.25, 0.3) is 0 Å². The first-order valence-corrected chi connectivity index (χ1v) is 13.2. The number of carbonyl (C=O) groups is 2. The van der Waals surface area contributed by atoms with Crippen LogP contribution in [0.25, 0.3) is 0 Å². The van der Waals surface area contributed by atoms with E-state index in [1.807, 2.05) is 19.9 Å². The lowest BCUT2D eigenvalue weighted by molar-refractivity contribution is -0.302. The van der Waals surface area contributed by atoms with Crippen LogP contribution in [0.3, 0.4) is 0 Å². The molecule has 2 rings (SSSR count). The van der Waals surface area contributed by atoms with Gasteiger partial charge in [0.05, 0.1) is 24.1 Å². The van der Waals surface area contributed by atoms with Gasteiger partial charge in [0.2, 0.25) is 5.91 Å². The zero-order valence-corrected chi connectivity index (χ0v) is 23.3. The van der Waals surface area contributed by atoms with E-state index in [1.165, 1.54) is 26.0 Å². The molecule has 0 spiro atoms. The van der Waals surface area contributed by atoms with Gasteiger partial charge in [0, 0.05) is 19.4 Å². The second kappa shape index (κ2) is 13.4. The molecular weight excluding hydrogens is 502 g/mol. The Morgan fingerprint density at radius 1 is 1.24 bits per heavy atom. The Bertz CT molecular complexity index is 888. The Morgan fingerprint density at radius 3 is 2.54 bits per heavy atom. The lowest BCUT2D eigenvalue weighted by atomic mass is 9.84. The van der Waals surface area contributed by atoms with Crippen molar-refractivity contribution in [1.29, 1.82) is 0 Å². The Morgan fingerprint density at radius 2 is 1.92 bits per heavy atom. The molecule has 10 heteroatoms. The van der Waals surface area contributed by atoms with Crippen LogP contribution in [-0.2, 0) is 23.8 Å². The summed E-state index contributed by atoms with van der Waals surface area (Å²) in [5, 5.41) is 34.4.